The molecule has 0 bridgehead atoms. The average molecular weight is 380 g/mol. The molecule has 1 aromatic heterocycles. The highest BCUT2D eigenvalue weighted by molar-refractivity contribution is 6.64. The van der Waals surface area contributed by atoms with Gasteiger partial charge in [-0.3, -0.25) is 4.98 Å². The van der Waals surface area contributed by atoms with Crippen molar-refractivity contribution in [3.05, 3.63) is 30.1 Å². The Morgan fingerprint density at radius 1 is 0.808 bits per heavy atom. The first-order valence-corrected chi connectivity index (χ1v) is 13.6. The number of aromatic nitrogens is 1. The van der Waals surface area contributed by atoms with Crippen molar-refractivity contribution in [3.63, 3.8) is 0 Å². The van der Waals surface area contributed by atoms with E-state index in [1.807, 2.05) is 18.3 Å². The molecule has 0 aliphatic carbocycles. The normalized spacial score (nSPS) is 11.8. The van der Waals surface area contributed by atoms with Crippen molar-refractivity contribution in [1.82, 2.24) is 4.98 Å². The van der Waals surface area contributed by atoms with Crippen LogP contribution >= 0.6 is 0 Å². The van der Waals surface area contributed by atoms with Gasteiger partial charge in [0.05, 0.1) is 6.61 Å². The lowest BCUT2D eigenvalue weighted by molar-refractivity contribution is 0.168. The minimum Gasteiger partial charge on any atom is -0.395 e. The molecule has 1 rings (SSSR count). The van der Waals surface area contributed by atoms with E-state index in [-0.39, 0.29) is 0 Å². The van der Waals surface area contributed by atoms with Gasteiger partial charge in [0.15, 0.2) is 0 Å². The fourth-order valence-electron chi connectivity index (χ4n) is 3.04. The Morgan fingerprint density at radius 2 is 1.38 bits per heavy atom. The molecule has 0 spiro atoms. The Hall–Kier alpha value is -0.713. The third-order valence-corrected chi connectivity index (χ3v) is 6.50. The Kier molecular flexibility index (Phi) is 13.8. The van der Waals surface area contributed by atoms with Crippen molar-refractivity contribution in [1.29, 1.82) is 0 Å². The van der Waals surface area contributed by atoms with Crippen molar-refractivity contribution >= 4 is 8.56 Å². The van der Waals surface area contributed by atoms with Crippen LogP contribution in [0.15, 0.2) is 24.5 Å². The van der Waals surface area contributed by atoms with E-state index in [4.69, 9.17) is 8.85 Å². The minimum atomic E-state index is -2.01. The predicted octanol–water partition coefficient (Wildman–Crippen LogP) is 7.02. The summed E-state index contributed by atoms with van der Waals surface area (Å²) >= 11 is 0. The molecule has 1 aromatic rings. The molecule has 0 saturated carbocycles. The first-order valence-electron chi connectivity index (χ1n) is 10.8. The average Bonchev–Trinajstić information content (AvgIpc) is 2.65. The number of rotatable bonds is 17. The highest BCUT2D eigenvalue weighted by atomic mass is 28.4. The van der Waals surface area contributed by atoms with Gasteiger partial charge in [0.25, 0.3) is 0 Å². The molecule has 150 valence electrons. The molecule has 1 heterocycles. The maximum Gasteiger partial charge on any atom is 0.332 e. The van der Waals surface area contributed by atoms with Crippen LogP contribution < -0.4 is 0 Å². The fraction of sp³-hybridized carbons (Fsp3) is 0.773. The molecule has 0 unspecified atom stereocenters. The molecule has 0 fully saturated rings. The monoisotopic (exact) mass is 379 g/mol. The lowest BCUT2D eigenvalue weighted by Crippen LogP contribution is -2.35. The summed E-state index contributed by atoms with van der Waals surface area (Å²) in [4.78, 5) is 4.12. The summed E-state index contributed by atoms with van der Waals surface area (Å²) in [6, 6.07) is 3.99. The topological polar surface area (TPSA) is 31.4 Å². The zero-order valence-electron chi connectivity index (χ0n) is 17.5. The molecule has 4 heteroatoms. The van der Waals surface area contributed by atoms with E-state index < -0.39 is 8.56 Å². The van der Waals surface area contributed by atoms with Crippen molar-refractivity contribution in [2.24, 2.45) is 0 Å². The van der Waals surface area contributed by atoms with Gasteiger partial charge in [-0.25, -0.2) is 0 Å². The van der Waals surface area contributed by atoms with E-state index in [0.29, 0.717) is 6.61 Å². The quantitative estimate of drug-likeness (QED) is 0.215. The minimum absolute atomic E-state index is 0.603. The van der Waals surface area contributed by atoms with Gasteiger partial charge < -0.3 is 8.85 Å². The summed E-state index contributed by atoms with van der Waals surface area (Å²) in [5, 5.41) is 0. The number of hydrogen-bond donors (Lipinski definition) is 0. The summed E-state index contributed by atoms with van der Waals surface area (Å²) in [6.45, 7) is 7.98. The molecule has 0 radical (unpaired) electrons. The molecule has 0 aliphatic heterocycles. The van der Waals surface area contributed by atoms with Crippen LogP contribution in [0.5, 0.6) is 0 Å². The number of unbranched alkanes of at least 4 members (excludes halogenated alkanes) is 11. The van der Waals surface area contributed by atoms with Gasteiger partial charge in [-0.05, 0) is 31.1 Å². The molecule has 0 aliphatic rings. The smallest absolute Gasteiger partial charge is 0.332 e. The largest absolute Gasteiger partial charge is 0.395 e. The molecule has 0 N–H and O–H groups in total. The van der Waals surface area contributed by atoms with Gasteiger partial charge in [0, 0.05) is 19.0 Å². The van der Waals surface area contributed by atoms with E-state index in [1.54, 1.807) is 6.20 Å². The van der Waals surface area contributed by atoms with Crippen LogP contribution in [0.3, 0.4) is 0 Å². The van der Waals surface area contributed by atoms with Crippen LogP contribution in [-0.2, 0) is 15.5 Å². The van der Waals surface area contributed by atoms with Crippen LogP contribution in [-0.4, -0.2) is 20.2 Å². The van der Waals surface area contributed by atoms with E-state index in [1.165, 1.54) is 70.6 Å². The van der Waals surface area contributed by atoms with Gasteiger partial charge >= 0.3 is 8.56 Å². The second-order valence-electron chi connectivity index (χ2n) is 7.79. The molecular weight excluding hydrogens is 338 g/mol. The van der Waals surface area contributed by atoms with Crippen LogP contribution in [0.1, 0.15) is 89.5 Å². The van der Waals surface area contributed by atoms with Gasteiger partial charge in [0.2, 0.25) is 0 Å². The Bertz CT molecular complexity index is 425. The third-order valence-electron chi connectivity index (χ3n) is 4.76. The number of nitrogens with zero attached hydrogens (tertiary/aromatic N) is 1. The number of hydrogen-bond acceptors (Lipinski definition) is 3. The second-order valence-corrected chi connectivity index (χ2v) is 11.2. The molecular formula is C22H41NO2Si. The Morgan fingerprint density at radius 3 is 1.92 bits per heavy atom. The summed E-state index contributed by atoms with van der Waals surface area (Å²) in [5.74, 6) is 0. The maximum absolute atomic E-state index is 6.04. The standard InChI is InChI=1S/C22H41NO2Si/c1-4-5-6-7-8-9-10-11-12-13-14-15-19-24-26(2,3)25-21-22-17-16-18-23-20-22/h16-18,20H,4-15,19,21H2,1-3H3. The van der Waals surface area contributed by atoms with Crippen LogP contribution in [0.4, 0.5) is 0 Å². The van der Waals surface area contributed by atoms with Crippen molar-refractivity contribution in [2.45, 2.75) is 104 Å². The van der Waals surface area contributed by atoms with E-state index >= 15 is 0 Å². The summed E-state index contributed by atoms with van der Waals surface area (Å²) in [5.41, 5.74) is 1.11. The van der Waals surface area contributed by atoms with Gasteiger partial charge in [-0.15, -0.1) is 0 Å². The molecule has 0 amide bonds. The lowest BCUT2D eigenvalue weighted by Gasteiger charge is -2.22. The van der Waals surface area contributed by atoms with Crippen LogP contribution in [0, 0.1) is 0 Å². The van der Waals surface area contributed by atoms with Crippen molar-refractivity contribution in [2.75, 3.05) is 6.61 Å². The first-order chi connectivity index (χ1) is 12.6. The maximum atomic E-state index is 6.04. The fourth-order valence-corrected chi connectivity index (χ4v) is 4.28. The zero-order valence-corrected chi connectivity index (χ0v) is 18.5. The van der Waals surface area contributed by atoms with Crippen molar-refractivity contribution < 1.29 is 8.85 Å². The highest BCUT2D eigenvalue weighted by Crippen LogP contribution is 2.14. The Balaban J connectivity index is 1.88. The van der Waals surface area contributed by atoms with E-state index in [2.05, 4.69) is 25.0 Å². The molecule has 0 aromatic carbocycles. The molecule has 26 heavy (non-hydrogen) atoms. The summed E-state index contributed by atoms with van der Waals surface area (Å²) < 4.78 is 12.0. The first kappa shape index (κ1) is 23.3. The second kappa shape index (κ2) is 15.4. The molecule has 3 nitrogen and oxygen atoms in total. The third kappa shape index (κ3) is 13.5. The van der Waals surface area contributed by atoms with Gasteiger partial charge in [0.1, 0.15) is 0 Å². The molecule has 0 saturated heterocycles. The highest BCUT2D eigenvalue weighted by Gasteiger charge is 2.24. The van der Waals surface area contributed by atoms with E-state index in [0.717, 1.165) is 18.6 Å². The predicted molar refractivity (Wildman–Crippen MR) is 114 cm³/mol. The van der Waals surface area contributed by atoms with Gasteiger partial charge in [-0.2, -0.15) is 0 Å². The van der Waals surface area contributed by atoms with Gasteiger partial charge in [-0.1, -0.05) is 83.6 Å². The molecule has 0 atom stereocenters. The van der Waals surface area contributed by atoms with Crippen LogP contribution in [0.25, 0.3) is 0 Å². The summed E-state index contributed by atoms with van der Waals surface area (Å²) in [7, 11) is -2.01. The SMILES string of the molecule is CCCCCCCCCCCCCCO[Si](C)(C)OCc1cccnc1. The summed E-state index contributed by atoms with van der Waals surface area (Å²) in [6.07, 6.45) is 20.1. The van der Waals surface area contributed by atoms with E-state index in [9.17, 15) is 0 Å². The van der Waals surface area contributed by atoms with Crippen LogP contribution in [0.2, 0.25) is 13.1 Å². The lowest BCUT2D eigenvalue weighted by atomic mass is 10.1. The van der Waals surface area contributed by atoms with Crippen molar-refractivity contribution in [3.8, 4) is 0 Å². The Labute approximate surface area is 163 Å². The number of pyridine rings is 1. The zero-order chi connectivity index (χ0) is 18.9.